The van der Waals surface area contributed by atoms with Crippen molar-refractivity contribution in [3.63, 3.8) is 0 Å². The van der Waals surface area contributed by atoms with Crippen LogP contribution in [0.1, 0.15) is 25.7 Å². The van der Waals surface area contributed by atoms with Crippen LogP contribution in [-0.4, -0.2) is 76.0 Å². The van der Waals surface area contributed by atoms with Crippen LogP contribution in [0.4, 0.5) is 11.4 Å². The van der Waals surface area contributed by atoms with Crippen molar-refractivity contribution in [2.24, 2.45) is 4.99 Å². The van der Waals surface area contributed by atoms with E-state index in [1.807, 2.05) is 6.19 Å². The number of halogens is 1. The molecular weight excluding hydrogens is 514 g/mol. The van der Waals surface area contributed by atoms with E-state index in [1.54, 1.807) is 48.8 Å². The molecule has 12 heteroatoms. The number of guanidine groups is 1. The fourth-order valence-electron chi connectivity index (χ4n) is 3.88. The van der Waals surface area contributed by atoms with Gasteiger partial charge in [-0.3, -0.25) is 24.5 Å². The number of unbranched alkanes of at least 4 members (excludes halogenated alkanes) is 3. The van der Waals surface area contributed by atoms with Gasteiger partial charge in [-0.15, -0.1) is 0 Å². The number of aliphatic imine (C=N–C) groups is 1. The molecule has 0 radical (unpaired) electrons. The number of nitrogens with one attached hydrogen (secondary N) is 2. The first-order valence-electron chi connectivity index (χ1n) is 12.4. The number of anilines is 2. The second kappa shape index (κ2) is 15.4. The Kier molecular flexibility index (Phi) is 11.9. The van der Waals surface area contributed by atoms with Gasteiger partial charge < -0.3 is 10.1 Å². The zero-order chi connectivity index (χ0) is 26.3. The summed E-state index contributed by atoms with van der Waals surface area (Å²) >= 11 is 6.03. The van der Waals surface area contributed by atoms with Crippen LogP contribution in [0.25, 0.3) is 0 Å². The SMILES string of the molecule is N#CNC(=NCCCCCCS(=O)(=O)N(CCN1CCOCC1)c1ccc(Cl)cc1)Nc1ccncc1. The molecular formula is C25H34ClN7O3S. The van der Waals surface area contributed by atoms with Crippen LogP contribution in [0.15, 0.2) is 53.8 Å². The fraction of sp³-hybridized carbons (Fsp3) is 0.480. The molecule has 1 aliphatic rings. The Morgan fingerprint density at radius 3 is 2.51 bits per heavy atom. The first-order valence-corrected chi connectivity index (χ1v) is 14.4. The lowest BCUT2D eigenvalue weighted by Gasteiger charge is -2.30. The van der Waals surface area contributed by atoms with Gasteiger partial charge in [0.2, 0.25) is 16.0 Å². The van der Waals surface area contributed by atoms with Crippen LogP contribution in [-0.2, 0) is 14.8 Å². The highest BCUT2D eigenvalue weighted by Gasteiger charge is 2.23. The molecule has 2 heterocycles. The molecule has 1 aromatic heterocycles. The molecule has 1 aliphatic heterocycles. The van der Waals surface area contributed by atoms with Crippen molar-refractivity contribution >= 4 is 39.0 Å². The monoisotopic (exact) mass is 547 g/mol. The van der Waals surface area contributed by atoms with Crippen molar-refractivity contribution < 1.29 is 13.2 Å². The largest absolute Gasteiger partial charge is 0.379 e. The summed E-state index contributed by atoms with van der Waals surface area (Å²) in [5, 5.41) is 15.1. The van der Waals surface area contributed by atoms with Crippen molar-refractivity contribution in [1.82, 2.24) is 15.2 Å². The molecule has 0 saturated carbocycles. The Bertz CT molecular complexity index is 1120. The first kappa shape index (κ1) is 28.7. The van der Waals surface area contributed by atoms with E-state index in [-0.39, 0.29) is 5.75 Å². The third-order valence-electron chi connectivity index (χ3n) is 5.87. The number of nitriles is 1. The summed E-state index contributed by atoms with van der Waals surface area (Å²) in [5.74, 6) is 0.447. The Morgan fingerprint density at radius 2 is 1.81 bits per heavy atom. The maximum Gasteiger partial charge on any atom is 0.235 e. The standard InChI is InChI=1S/C25H34ClN7O3S/c26-22-5-7-24(8-6-22)33(15-14-32-16-18-36-19-17-32)37(34,35)20-4-2-1-3-11-29-25(30-21-27)31-23-9-12-28-13-10-23/h5-10,12-13H,1-4,11,14-20H2,(H2,28,29,30,31). The molecule has 200 valence electrons. The number of hydrogen-bond acceptors (Lipinski definition) is 7. The van der Waals surface area contributed by atoms with Gasteiger partial charge >= 0.3 is 0 Å². The van der Waals surface area contributed by atoms with Gasteiger partial charge in [-0.25, -0.2) is 8.42 Å². The summed E-state index contributed by atoms with van der Waals surface area (Å²) in [7, 11) is -3.49. The Hall–Kier alpha value is -2.91. The molecule has 0 bridgehead atoms. The summed E-state index contributed by atoms with van der Waals surface area (Å²) in [5.41, 5.74) is 1.41. The number of nitrogens with zero attached hydrogens (tertiary/aromatic N) is 5. The Labute approximate surface area is 224 Å². The molecule has 0 atom stereocenters. The van der Waals surface area contributed by atoms with Crippen molar-refractivity contribution in [3.8, 4) is 6.19 Å². The van der Waals surface area contributed by atoms with Gasteiger partial charge in [0.05, 0.1) is 24.7 Å². The lowest BCUT2D eigenvalue weighted by Crippen LogP contribution is -2.43. The van der Waals surface area contributed by atoms with Crippen LogP contribution in [0.3, 0.4) is 0 Å². The highest BCUT2D eigenvalue weighted by atomic mass is 35.5. The summed E-state index contributed by atoms with van der Waals surface area (Å²) in [6.07, 6.45) is 8.13. The number of morpholine rings is 1. The number of rotatable bonds is 13. The van der Waals surface area contributed by atoms with E-state index in [4.69, 9.17) is 21.6 Å². The number of sulfonamides is 1. The minimum Gasteiger partial charge on any atom is -0.379 e. The third-order valence-corrected chi connectivity index (χ3v) is 7.99. The molecule has 10 nitrogen and oxygen atoms in total. The molecule has 0 aliphatic carbocycles. The van der Waals surface area contributed by atoms with E-state index in [2.05, 4.69) is 25.5 Å². The molecule has 3 rings (SSSR count). The lowest BCUT2D eigenvalue weighted by atomic mass is 10.2. The van der Waals surface area contributed by atoms with Crippen molar-refractivity contribution in [1.29, 1.82) is 5.26 Å². The summed E-state index contributed by atoms with van der Waals surface area (Å²) < 4.78 is 33.5. The average Bonchev–Trinajstić information content (AvgIpc) is 2.90. The maximum absolute atomic E-state index is 13.3. The molecule has 0 amide bonds. The zero-order valence-corrected chi connectivity index (χ0v) is 22.4. The van der Waals surface area contributed by atoms with Gasteiger partial charge in [-0.1, -0.05) is 24.4 Å². The lowest BCUT2D eigenvalue weighted by molar-refractivity contribution is 0.0395. The molecule has 1 fully saturated rings. The number of benzene rings is 1. The topological polar surface area (TPSA) is 123 Å². The minimum atomic E-state index is -3.49. The van der Waals surface area contributed by atoms with Gasteiger partial charge in [0.25, 0.3) is 0 Å². The molecule has 1 aromatic carbocycles. The van der Waals surface area contributed by atoms with Crippen LogP contribution in [0.2, 0.25) is 5.02 Å². The van der Waals surface area contributed by atoms with Gasteiger partial charge in [0, 0.05) is 55.8 Å². The fourth-order valence-corrected chi connectivity index (χ4v) is 5.60. The number of pyridine rings is 1. The minimum absolute atomic E-state index is 0.0762. The van der Waals surface area contributed by atoms with Crippen molar-refractivity contribution in [3.05, 3.63) is 53.8 Å². The Balaban J connectivity index is 1.47. The maximum atomic E-state index is 13.3. The predicted molar refractivity (Wildman–Crippen MR) is 147 cm³/mol. The molecule has 0 spiro atoms. The van der Waals surface area contributed by atoms with Gasteiger partial charge in [-0.05, 0) is 49.2 Å². The highest BCUT2D eigenvalue weighted by molar-refractivity contribution is 7.92. The van der Waals surface area contributed by atoms with Gasteiger partial charge in [0.15, 0.2) is 6.19 Å². The van der Waals surface area contributed by atoms with E-state index in [1.165, 1.54) is 4.31 Å². The third kappa shape index (κ3) is 10.2. The second-order valence-electron chi connectivity index (χ2n) is 8.56. The predicted octanol–water partition coefficient (Wildman–Crippen LogP) is 3.30. The highest BCUT2D eigenvalue weighted by Crippen LogP contribution is 2.22. The van der Waals surface area contributed by atoms with Crippen molar-refractivity contribution in [2.45, 2.75) is 25.7 Å². The van der Waals surface area contributed by atoms with Crippen LogP contribution in [0, 0.1) is 11.5 Å². The molecule has 1 saturated heterocycles. The number of aromatic nitrogens is 1. The van der Waals surface area contributed by atoms with Crippen LogP contribution in [0.5, 0.6) is 0 Å². The van der Waals surface area contributed by atoms with Gasteiger partial charge in [-0.2, -0.15) is 5.26 Å². The van der Waals surface area contributed by atoms with E-state index in [9.17, 15) is 8.42 Å². The molecule has 0 unspecified atom stereocenters. The summed E-state index contributed by atoms with van der Waals surface area (Å²) in [6.45, 7) is 4.51. The van der Waals surface area contributed by atoms with Crippen LogP contribution >= 0.6 is 11.6 Å². The second-order valence-corrected chi connectivity index (χ2v) is 11.0. The average molecular weight is 548 g/mol. The van der Waals surface area contributed by atoms with E-state index >= 15 is 0 Å². The van der Waals surface area contributed by atoms with E-state index in [0.29, 0.717) is 55.9 Å². The van der Waals surface area contributed by atoms with Gasteiger partial charge in [0.1, 0.15) is 0 Å². The molecule has 2 aromatic rings. The quantitative estimate of drug-likeness (QED) is 0.129. The molecule has 37 heavy (non-hydrogen) atoms. The van der Waals surface area contributed by atoms with E-state index < -0.39 is 10.0 Å². The molecule has 2 N–H and O–H groups in total. The Morgan fingerprint density at radius 1 is 1.11 bits per heavy atom. The van der Waals surface area contributed by atoms with Crippen molar-refractivity contribution in [2.75, 3.05) is 61.3 Å². The number of ether oxygens (including phenoxy) is 1. The van der Waals surface area contributed by atoms with E-state index in [0.717, 1.165) is 38.0 Å². The zero-order valence-electron chi connectivity index (χ0n) is 20.9. The van der Waals surface area contributed by atoms with Crippen LogP contribution < -0.4 is 14.9 Å². The smallest absolute Gasteiger partial charge is 0.235 e. The summed E-state index contributed by atoms with van der Waals surface area (Å²) in [4.78, 5) is 10.6. The first-order chi connectivity index (χ1) is 18.0. The normalized spacial score (nSPS) is 14.6. The summed E-state index contributed by atoms with van der Waals surface area (Å²) in [6, 6.07) is 10.5. The number of hydrogen-bond donors (Lipinski definition) is 2.